The summed E-state index contributed by atoms with van der Waals surface area (Å²) in [5.41, 5.74) is 5.15. The summed E-state index contributed by atoms with van der Waals surface area (Å²) in [5.74, 6) is 0.0743. The molecule has 1 aliphatic heterocycles. The first-order valence-corrected chi connectivity index (χ1v) is 10.7. The number of aliphatic imine (C=N–C) groups is 2. The third kappa shape index (κ3) is 5.47. The molecule has 0 radical (unpaired) electrons. The van der Waals surface area contributed by atoms with Crippen molar-refractivity contribution in [3.05, 3.63) is 81.9 Å². The Balaban J connectivity index is 1.78. The lowest BCUT2D eigenvalue weighted by Gasteiger charge is -2.07. The Labute approximate surface area is 197 Å². The predicted octanol–water partition coefficient (Wildman–Crippen LogP) is 4.93. The molecular weight excluding hydrogens is 432 g/mol. The first-order chi connectivity index (χ1) is 16.5. The zero-order valence-corrected chi connectivity index (χ0v) is 18.8. The Morgan fingerprint density at radius 3 is 1.41 bits per heavy atom. The highest BCUT2D eigenvalue weighted by atomic mass is 16.7. The topological polar surface area (TPSA) is 108 Å². The van der Waals surface area contributed by atoms with Crippen LogP contribution in [-0.4, -0.2) is 48.3 Å². The molecule has 4 bridgehead atoms. The highest BCUT2D eigenvalue weighted by Gasteiger charge is 2.09. The number of phenols is 2. The molecule has 0 atom stereocenters. The van der Waals surface area contributed by atoms with Crippen molar-refractivity contribution < 1.29 is 19.9 Å². The third-order valence-corrected chi connectivity index (χ3v) is 4.99. The van der Waals surface area contributed by atoms with E-state index in [-0.39, 0.29) is 24.7 Å². The lowest BCUT2D eigenvalue weighted by atomic mass is 10.1. The van der Waals surface area contributed by atoms with Crippen LogP contribution < -0.4 is 0 Å². The maximum absolute atomic E-state index is 10.7. The molecule has 0 saturated carbocycles. The van der Waals surface area contributed by atoms with Crippen molar-refractivity contribution in [3.8, 4) is 11.5 Å². The number of nitrogens with zero attached hydrogens (tertiary/aromatic N) is 4. The predicted molar refractivity (Wildman–Crippen MR) is 134 cm³/mol. The van der Waals surface area contributed by atoms with E-state index in [9.17, 15) is 10.2 Å². The number of aromatic hydroxyl groups is 2. The van der Waals surface area contributed by atoms with Crippen LogP contribution in [0.5, 0.6) is 11.5 Å². The smallest absolute Gasteiger partial charge is 0.153 e. The van der Waals surface area contributed by atoms with Crippen molar-refractivity contribution in [2.45, 2.75) is 13.8 Å². The van der Waals surface area contributed by atoms with Crippen LogP contribution in [0.3, 0.4) is 0 Å². The van der Waals surface area contributed by atoms with Gasteiger partial charge < -0.3 is 19.9 Å². The minimum atomic E-state index is 0.0372. The molecule has 8 nitrogen and oxygen atoms in total. The monoisotopic (exact) mass is 456 g/mol. The van der Waals surface area contributed by atoms with Gasteiger partial charge in [-0.2, -0.15) is 0 Å². The summed E-state index contributed by atoms with van der Waals surface area (Å²) in [6, 6.07) is 14.6. The van der Waals surface area contributed by atoms with E-state index < -0.39 is 0 Å². The largest absolute Gasteiger partial charge is 0.507 e. The molecule has 3 aromatic carbocycles. The molecule has 4 rings (SSSR count). The van der Waals surface area contributed by atoms with E-state index in [0.717, 1.165) is 11.1 Å². The molecule has 1 heterocycles. The molecule has 0 unspecified atom stereocenters. The van der Waals surface area contributed by atoms with E-state index in [4.69, 9.17) is 9.68 Å². The minimum absolute atomic E-state index is 0.0372. The standard InChI is InChI=1S/C26H24N4O4/c1-17-9-19-13-27-23-5-3-4-6-24(23)28-14-20-10-18(2)12-22(26(20)32)16-30-34-8-7-33-29-15-21(11-17)25(19)31/h3-6,9-16,31-32H,7-8H2,1-2H3/b27-13?,28-14?,29-15+,30-16+. The fourth-order valence-electron chi connectivity index (χ4n) is 3.39. The lowest BCUT2D eigenvalue weighted by molar-refractivity contribution is 0.0553. The molecule has 2 N–H and O–H groups in total. The van der Waals surface area contributed by atoms with Crippen LogP contribution in [0.4, 0.5) is 11.4 Å². The molecular formula is C26H24N4O4. The first kappa shape index (κ1) is 22.7. The summed E-state index contributed by atoms with van der Waals surface area (Å²) >= 11 is 0. The lowest BCUT2D eigenvalue weighted by Crippen LogP contribution is -1.99. The van der Waals surface area contributed by atoms with E-state index in [2.05, 4.69) is 20.3 Å². The second kappa shape index (κ2) is 10.4. The number of aryl methyl sites for hydroxylation is 2. The van der Waals surface area contributed by atoms with Crippen LogP contribution in [-0.2, 0) is 9.68 Å². The molecule has 0 spiro atoms. The second-order valence-corrected chi connectivity index (χ2v) is 7.72. The quantitative estimate of drug-likeness (QED) is 0.500. The van der Waals surface area contributed by atoms with Gasteiger partial charge in [0.25, 0.3) is 0 Å². The highest BCUT2D eigenvalue weighted by Crippen LogP contribution is 2.30. The molecule has 1 aliphatic rings. The Kier molecular flexibility index (Phi) is 6.98. The molecule has 34 heavy (non-hydrogen) atoms. The molecule has 172 valence electrons. The average Bonchev–Trinajstić information content (AvgIpc) is 2.82. The number of hydrogen-bond donors (Lipinski definition) is 2. The second-order valence-electron chi connectivity index (χ2n) is 7.72. The summed E-state index contributed by atoms with van der Waals surface area (Å²) in [6.45, 7) is 4.15. The van der Waals surface area contributed by atoms with E-state index in [1.54, 1.807) is 24.6 Å². The fourth-order valence-corrected chi connectivity index (χ4v) is 3.39. The number of oxime groups is 2. The summed E-state index contributed by atoms with van der Waals surface area (Å²) in [4.78, 5) is 19.5. The Morgan fingerprint density at radius 2 is 1.00 bits per heavy atom. The Morgan fingerprint density at radius 1 is 0.618 bits per heavy atom. The van der Waals surface area contributed by atoms with Crippen LogP contribution in [0.2, 0.25) is 0 Å². The van der Waals surface area contributed by atoms with Crippen LogP contribution in [0.1, 0.15) is 33.4 Å². The summed E-state index contributed by atoms with van der Waals surface area (Å²) in [6.07, 6.45) is 6.04. The molecule has 0 aliphatic carbocycles. The van der Waals surface area contributed by atoms with Crippen LogP contribution in [0.15, 0.2) is 68.8 Å². The fraction of sp³-hybridized carbons (Fsp3) is 0.154. The number of para-hydroxylation sites is 2. The van der Waals surface area contributed by atoms with Crippen LogP contribution in [0.25, 0.3) is 0 Å². The van der Waals surface area contributed by atoms with Gasteiger partial charge in [0.2, 0.25) is 0 Å². The van der Waals surface area contributed by atoms with Gasteiger partial charge in [0, 0.05) is 34.7 Å². The van der Waals surface area contributed by atoms with Crippen molar-refractivity contribution in [2.24, 2.45) is 20.3 Å². The van der Waals surface area contributed by atoms with Gasteiger partial charge in [0.05, 0.1) is 23.8 Å². The molecule has 0 saturated heterocycles. The SMILES string of the molecule is Cc1cc2c(O)c(c1)/C=N/OCCO/N=C/c1cc(C)cc(c1O)C=Nc1ccccc1N=C2. The summed E-state index contributed by atoms with van der Waals surface area (Å²) in [5, 5.41) is 29.2. The van der Waals surface area contributed by atoms with Crippen molar-refractivity contribution in [1.82, 2.24) is 0 Å². The number of rotatable bonds is 0. The molecule has 0 aromatic heterocycles. The van der Waals surface area contributed by atoms with Crippen molar-refractivity contribution in [2.75, 3.05) is 13.2 Å². The van der Waals surface area contributed by atoms with Gasteiger partial charge >= 0.3 is 0 Å². The molecule has 3 aromatic rings. The molecule has 0 fully saturated rings. The zero-order chi connectivity index (χ0) is 23.9. The maximum atomic E-state index is 10.7. The van der Waals surface area contributed by atoms with E-state index in [1.165, 1.54) is 12.4 Å². The van der Waals surface area contributed by atoms with Crippen molar-refractivity contribution in [3.63, 3.8) is 0 Å². The van der Waals surface area contributed by atoms with Gasteiger partial charge in [-0.15, -0.1) is 0 Å². The highest BCUT2D eigenvalue weighted by molar-refractivity contribution is 5.95. The Bertz CT molecular complexity index is 1210. The molecule has 8 heteroatoms. The van der Waals surface area contributed by atoms with E-state index in [0.29, 0.717) is 33.6 Å². The number of fused-ring (bicyclic) bond motifs is 5. The van der Waals surface area contributed by atoms with Gasteiger partial charge in [0.15, 0.2) is 13.2 Å². The van der Waals surface area contributed by atoms with Crippen molar-refractivity contribution in [1.29, 1.82) is 0 Å². The summed E-state index contributed by atoms with van der Waals surface area (Å²) in [7, 11) is 0. The first-order valence-electron chi connectivity index (χ1n) is 10.7. The van der Waals surface area contributed by atoms with Crippen LogP contribution in [0, 0.1) is 13.8 Å². The number of hydrogen-bond acceptors (Lipinski definition) is 8. The van der Waals surface area contributed by atoms with E-state index >= 15 is 0 Å². The maximum Gasteiger partial charge on any atom is 0.153 e. The number of benzene rings is 3. The minimum Gasteiger partial charge on any atom is -0.507 e. The van der Waals surface area contributed by atoms with Gasteiger partial charge in [0.1, 0.15) is 11.5 Å². The summed E-state index contributed by atoms with van der Waals surface area (Å²) < 4.78 is 0. The van der Waals surface area contributed by atoms with E-state index in [1.807, 2.05) is 50.2 Å². The Hall–Kier alpha value is -4.46. The normalized spacial score (nSPS) is 15.5. The van der Waals surface area contributed by atoms with Gasteiger partial charge in [-0.3, -0.25) is 9.98 Å². The number of phenolic OH excluding ortho intramolecular Hbond substituents is 2. The average molecular weight is 457 g/mol. The van der Waals surface area contributed by atoms with Gasteiger partial charge in [-0.1, -0.05) is 22.4 Å². The van der Waals surface area contributed by atoms with Crippen LogP contribution >= 0.6 is 0 Å². The van der Waals surface area contributed by atoms with Gasteiger partial charge in [-0.25, -0.2) is 0 Å². The molecule has 0 amide bonds. The zero-order valence-electron chi connectivity index (χ0n) is 18.8. The van der Waals surface area contributed by atoms with Gasteiger partial charge in [-0.05, 0) is 61.4 Å². The third-order valence-electron chi connectivity index (χ3n) is 4.99. The van der Waals surface area contributed by atoms with Crippen molar-refractivity contribution >= 4 is 36.2 Å².